The Morgan fingerprint density at radius 2 is 1.46 bits per heavy atom. The van der Waals surface area contributed by atoms with E-state index in [1.54, 1.807) is 0 Å². The molecule has 1 rings (SSSR count). The molecule has 3 atom stereocenters. The zero-order valence-corrected chi connectivity index (χ0v) is 16.3. The molecule has 0 aliphatic carbocycles. The number of aliphatic hydroxyl groups is 1. The van der Waals surface area contributed by atoms with Crippen molar-refractivity contribution in [2.24, 2.45) is 5.92 Å². The normalized spacial score (nSPS) is 21.0. The standard InChI is InChI=1S/C21H36O5/c1-16(22)14-12-10-8-6-4-3-5-7-9-11-13-15-18-19(20(23)24)17(2)21(25)26-18/h16,18-19,22H,2-15H2,1H3,(H,23,24)/t16-,18-,19+/m0/s1. The fourth-order valence-electron chi connectivity index (χ4n) is 3.54. The number of hydrogen-bond donors (Lipinski definition) is 2. The van der Waals surface area contributed by atoms with Gasteiger partial charge in [0.05, 0.1) is 6.10 Å². The van der Waals surface area contributed by atoms with Gasteiger partial charge in [-0.1, -0.05) is 70.8 Å². The summed E-state index contributed by atoms with van der Waals surface area (Å²) in [5.41, 5.74) is 0.0772. The molecule has 2 N–H and O–H groups in total. The average molecular weight is 369 g/mol. The number of carbonyl (C=O) groups is 2. The minimum absolute atomic E-state index is 0.0772. The molecule has 0 aromatic rings. The molecule has 1 saturated heterocycles. The number of hydrogen-bond acceptors (Lipinski definition) is 4. The summed E-state index contributed by atoms with van der Waals surface area (Å²) < 4.78 is 5.13. The molecule has 0 spiro atoms. The Labute approximate surface area is 157 Å². The maximum absolute atomic E-state index is 11.5. The first-order valence-electron chi connectivity index (χ1n) is 10.2. The number of aliphatic carboxylic acids is 1. The van der Waals surface area contributed by atoms with Gasteiger partial charge in [-0.3, -0.25) is 4.79 Å². The maximum Gasteiger partial charge on any atom is 0.334 e. The predicted molar refractivity (Wildman–Crippen MR) is 102 cm³/mol. The smallest absolute Gasteiger partial charge is 0.334 e. The number of carboxylic acid groups (broad SMARTS) is 1. The summed E-state index contributed by atoms with van der Waals surface area (Å²) in [5.74, 6) is -2.45. The van der Waals surface area contributed by atoms with Gasteiger partial charge >= 0.3 is 11.9 Å². The van der Waals surface area contributed by atoms with Crippen LogP contribution < -0.4 is 0 Å². The molecule has 1 aliphatic rings. The highest BCUT2D eigenvalue weighted by molar-refractivity contribution is 5.97. The van der Waals surface area contributed by atoms with E-state index in [0.29, 0.717) is 6.42 Å². The number of aliphatic hydroxyl groups excluding tert-OH is 1. The van der Waals surface area contributed by atoms with Crippen molar-refractivity contribution < 1.29 is 24.5 Å². The number of unbranched alkanes of at least 4 members (excludes halogenated alkanes) is 10. The van der Waals surface area contributed by atoms with E-state index in [9.17, 15) is 19.8 Å². The van der Waals surface area contributed by atoms with Crippen LogP contribution in [0, 0.1) is 5.92 Å². The molecule has 1 heterocycles. The Bertz CT molecular complexity index is 444. The highest BCUT2D eigenvalue weighted by atomic mass is 16.6. The topological polar surface area (TPSA) is 83.8 Å². The Morgan fingerprint density at radius 3 is 1.92 bits per heavy atom. The van der Waals surface area contributed by atoms with Gasteiger partial charge in [-0.2, -0.15) is 0 Å². The SMILES string of the molecule is C=C1C(=O)O[C@@H](CCCCCCCCCCCCC[C@H](C)O)[C@@H]1C(=O)O. The fraction of sp³-hybridized carbons (Fsp3) is 0.810. The van der Waals surface area contributed by atoms with Crippen LogP contribution in [0.4, 0.5) is 0 Å². The summed E-state index contributed by atoms with van der Waals surface area (Å²) in [6.07, 6.45) is 13.8. The Hall–Kier alpha value is -1.36. The van der Waals surface area contributed by atoms with Crippen molar-refractivity contribution in [1.29, 1.82) is 0 Å². The molecular formula is C21H36O5. The number of ether oxygens (including phenoxy) is 1. The third kappa shape index (κ3) is 8.84. The Balaban J connectivity index is 1.93. The second-order valence-electron chi connectivity index (χ2n) is 7.60. The highest BCUT2D eigenvalue weighted by Crippen LogP contribution is 2.30. The van der Waals surface area contributed by atoms with E-state index in [2.05, 4.69) is 6.58 Å². The molecule has 5 heteroatoms. The van der Waals surface area contributed by atoms with Gasteiger partial charge in [0.25, 0.3) is 0 Å². The van der Waals surface area contributed by atoms with Crippen molar-refractivity contribution in [3.63, 3.8) is 0 Å². The lowest BCUT2D eigenvalue weighted by Crippen LogP contribution is -2.24. The minimum atomic E-state index is -1.02. The van der Waals surface area contributed by atoms with Crippen LogP contribution in [0.3, 0.4) is 0 Å². The van der Waals surface area contributed by atoms with Crippen molar-refractivity contribution in [1.82, 2.24) is 0 Å². The predicted octanol–water partition coefficient (Wildman–Crippen LogP) is 4.62. The van der Waals surface area contributed by atoms with E-state index in [0.717, 1.165) is 32.1 Å². The maximum atomic E-state index is 11.5. The van der Waals surface area contributed by atoms with Gasteiger partial charge in [-0.25, -0.2) is 4.79 Å². The van der Waals surface area contributed by atoms with Gasteiger partial charge < -0.3 is 14.9 Å². The van der Waals surface area contributed by atoms with E-state index in [-0.39, 0.29) is 11.7 Å². The number of carbonyl (C=O) groups excluding carboxylic acids is 1. The molecular weight excluding hydrogens is 332 g/mol. The summed E-state index contributed by atoms with van der Waals surface area (Å²) in [6.45, 7) is 5.39. The lowest BCUT2D eigenvalue weighted by molar-refractivity contribution is -0.144. The summed E-state index contributed by atoms with van der Waals surface area (Å²) in [5, 5.41) is 18.4. The highest BCUT2D eigenvalue weighted by Gasteiger charge is 2.42. The molecule has 0 radical (unpaired) electrons. The van der Waals surface area contributed by atoms with E-state index in [1.165, 1.54) is 44.9 Å². The van der Waals surface area contributed by atoms with Crippen LogP contribution >= 0.6 is 0 Å². The molecule has 150 valence electrons. The lowest BCUT2D eigenvalue weighted by atomic mass is 9.93. The molecule has 0 bridgehead atoms. The van der Waals surface area contributed by atoms with E-state index < -0.39 is 24.0 Å². The first-order chi connectivity index (χ1) is 12.4. The van der Waals surface area contributed by atoms with Crippen LogP contribution in [0.1, 0.15) is 90.4 Å². The van der Waals surface area contributed by atoms with Gasteiger partial charge in [-0.15, -0.1) is 0 Å². The largest absolute Gasteiger partial charge is 0.481 e. The van der Waals surface area contributed by atoms with E-state index in [1.807, 2.05) is 6.92 Å². The number of esters is 1. The second kappa shape index (κ2) is 12.9. The molecule has 0 saturated carbocycles. The Kier molecular flexibility index (Phi) is 11.3. The van der Waals surface area contributed by atoms with Crippen LogP contribution in [-0.4, -0.2) is 34.4 Å². The molecule has 0 aromatic heterocycles. The van der Waals surface area contributed by atoms with Gasteiger partial charge in [0, 0.05) is 5.57 Å². The van der Waals surface area contributed by atoms with Crippen LogP contribution in [0.25, 0.3) is 0 Å². The van der Waals surface area contributed by atoms with Gasteiger partial charge in [-0.05, 0) is 26.2 Å². The number of cyclic esters (lactones) is 1. The summed E-state index contributed by atoms with van der Waals surface area (Å²) >= 11 is 0. The third-order valence-electron chi connectivity index (χ3n) is 5.14. The second-order valence-corrected chi connectivity index (χ2v) is 7.60. The third-order valence-corrected chi connectivity index (χ3v) is 5.14. The van der Waals surface area contributed by atoms with Crippen LogP contribution in [-0.2, 0) is 14.3 Å². The van der Waals surface area contributed by atoms with Crippen LogP contribution in [0.2, 0.25) is 0 Å². The summed E-state index contributed by atoms with van der Waals surface area (Å²) in [6, 6.07) is 0. The fourth-order valence-corrected chi connectivity index (χ4v) is 3.54. The molecule has 0 amide bonds. The molecule has 5 nitrogen and oxygen atoms in total. The minimum Gasteiger partial charge on any atom is -0.481 e. The van der Waals surface area contributed by atoms with Gasteiger partial charge in [0.2, 0.25) is 0 Å². The van der Waals surface area contributed by atoms with Crippen LogP contribution in [0.5, 0.6) is 0 Å². The summed E-state index contributed by atoms with van der Waals surface area (Å²) in [4.78, 5) is 22.7. The zero-order chi connectivity index (χ0) is 19.4. The monoisotopic (exact) mass is 368 g/mol. The lowest BCUT2D eigenvalue weighted by Gasteiger charge is -2.13. The molecule has 26 heavy (non-hydrogen) atoms. The van der Waals surface area contributed by atoms with Crippen LogP contribution in [0.15, 0.2) is 12.2 Å². The average Bonchev–Trinajstić information content (AvgIpc) is 2.86. The Morgan fingerprint density at radius 1 is 1.00 bits per heavy atom. The number of rotatable bonds is 15. The molecule has 0 unspecified atom stereocenters. The van der Waals surface area contributed by atoms with Gasteiger partial charge in [0.15, 0.2) is 0 Å². The zero-order valence-electron chi connectivity index (χ0n) is 16.3. The summed E-state index contributed by atoms with van der Waals surface area (Å²) in [7, 11) is 0. The van der Waals surface area contributed by atoms with E-state index in [4.69, 9.17) is 4.74 Å². The van der Waals surface area contributed by atoms with Crippen molar-refractivity contribution in [3.8, 4) is 0 Å². The molecule has 1 aliphatic heterocycles. The van der Waals surface area contributed by atoms with E-state index >= 15 is 0 Å². The quantitative estimate of drug-likeness (QED) is 0.250. The number of carboxylic acids is 1. The van der Waals surface area contributed by atoms with Crippen molar-refractivity contribution >= 4 is 11.9 Å². The van der Waals surface area contributed by atoms with Crippen molar-refractivity contribution in [3.05, 3.63) is 12.2 Å². The molecule has 0 aromatic carbocycles. The van der Waals surface area contributed by atoms with Crippen molar-refractivity contribution in [2.75, 3.05) is 0 Å². The first-order valence-corrected chi connectivity index (χ1v) is 10.2. The first kappa shape index (κ1) is 22.7. The molecule has 1 fully saturated rings. The van der Waals surface area contributed by atoms with Crippen molar-refractivity contribution in [2.45, 2.75) is 103 Å². The van der Waals surface area contributed by atoms with Gasteiger partial charge in [0.1, 0.15) is 12.0 Å².